The minimum atomic E-state index is -0.879. The molecule has 0 radical (unpaired) electrons. The van der Waals surface area contributed by atoms with Gasteiger partial charge in [-0.05, 0) is 6.07 Å². The SMILES string of the molecule is COc1c(OC)c2c3c(c(O)c(=O)oc3c1OC)-c1ccccc1O2. The summed E-state index contributed by atoms with van der Waals surface area (Å²) >= 11 is 0. The van der Waals surface area contributed by atoms with Crippen LogP contribution in [0.1, 0.15) is 0 Å². The third-order valence-electron chi connectivity index (χ3n) is 4.13. The number of rotatable bonds is 3. The van der Waals surface area contributed by atoms with E-state index in [1.165, 1.54) is 21.3 Å². The summed E-state index contributed by atoms with van der Waals surface area (Å²) in [6.45, 7) is 0. The van der Waals surface area contributed by atoms with Crippen LogP contribution in [0.2, 0.25) is 0 Å². The summed E-state index contributed by atoms with van der Waals surface area (Å²) < 4.78 is 27.5. The van der Waals surface area contributed by atoms with Crippen LogP contribution in [-0.4, -0.2) is 26.4 Å². The molecule has 1 aliphatic heterocycles. The average Bonchev–Trinajstić information content (AvgIpc) is 2.64. The van der Waals surface area contributed by atoms with Gasteiger partial charge in [0.1, 0.15) is 5.75 Å². The van der Waals surface area contributed by atoms with Gasteiger partial charge >= 0.3 is 5.63 Å². The lowest BCUT2D eigenvalue weighted by Crippen LogP contribution is -2.08. The Kier molecular flexibility index (Phi) is 3.24. The topological polar surface area (TPSA) is 87.4 Å². The van der Waals surface area contributed by atoms with Gasteiger partial charge < -0.3 is 28.5 Å². The Labute approximate surface area is 141 Å². The molecule has 2 heterocycles. The maximum Gasteiger partial charge on any atom is 0.379 e. The van der Waals surface area contributed by atoms with Crippen molar-refractivity contribution in [2.75, 3.05) is 21.3 Å². The van der Waals surface area contributed by atoms with Crippen molar-refractivity contribution in [1.29, 1.82) is 0 Å². The molecule has 0 atom stereocenters. The van der Waals surface area contributed by atoms with Gasteiger partial charge in [0.25, 0.3) is 0 Å². The Morgan fingerprint density at radius 3 is 2.32 bits per heavy atom. The molecule has 0 fully saturated rings. The largest absolute Gasteiger partial charge is 0.501 e. The molecule has 1 aliphatic rings. The molecule has 1 aromatic heterocycles. The lowest BCUT2D eigenvalue weighted by molar-refractivity contribution is 0.311. The van der Waals surface area contributed by atoms with Gasteiger partial charge in [0.2, 0.25) is 23.0 Å². The van der Waals surface area contributed by atoms with E-state index in [0.29, 0.717) is 22.3 Å². The highest BCUT2D eigenvalue weighted by atomic mass is 16.6. The highest BCUT2D eigenvalue weighted by molar-refractivity contribution is 6.08. The monoisotopic (exact) mass is 342 g/mol. The molecule has 0 spiro atoms. The molecule has 3 aromatic rings. The molecule has 0 saturated heterocycles. The number of fused-ring (bicyclic) bond motifs is 2. The molecule has 0 saturated carbocycles. The molecule has 0 amide bonds. The average molecular weight is 342 g/mol. The summed E-state index contributed by atoms with van der Waals surface area (Å²) in [7, 11) is 4.32. The van der Waals surface area contributed by atoms with Crippen LogP contribution in [0.4, 0.5) is 0 Å². The minimum absolute atomic E-state index is 0.113. The molecular weight excluding hydrogens is 328 g/mol. The Hall–Kier alpha value is -3.35. The molecule has 1 N–H and O–H groups in total. The molecule has 0 aliphatic carbocycles. The van der Waals surface area contributed by atoms with Crippen LogP contribution in [-0.2, 0) is 0 Å². The Bertz CT molecular complexity index is 1070. The third kappa shape index (κ3) is 1.89. The van der Waals surface area contributed by atoms with Crippen LogP contribution < -0.4 is 24.6 Å². The van der Waals surface area contributed by atoms with E-state index < -0.39 is 11.4 Å². The van der Waals surface area contributed by atoms with Crippen molar-refractivity contribution in [2.45, 2.75) is 0 Å². The summed E-state index contributed by atoms with van der Waals surface area (Å²) in [5, 5.41) is 10.8. The van der Waals surface area contributed by atoms with E-state index in [0.717, 1.165) is 0 Å². The van der Waals surface area contributed by atoms with E-state index in [2.05, 4.69) is 0 Å². The smallest absolute Gasteiger partial charge is 0.379 e. The van der Waals surface area contributed by atoms with Crippen molar-refractivity contribution < 1.29 is 28.5 Å². The first kappa shape index (κ1) is 15.2. The second kappa shape index (κ2) is 5.34. The van der Waals surface area contributed by atoms with Gasteiger partial charge in [-0.3, -0.25) is 0 Å². The highest BCUT2D eigenvalue weighted by Crippen LogP contribution is 2.58. The second-order valence-corrected chi connectivity index (χ2v) is 5.34. The zero-order valence-corrected chi connectivity index (χ0v) is 13.7. The van der Waals surface area contributed by atoms with Crippen LogP contribution in [0.3, 0.4) is 0 Å². The number of ether oxygens (including phenoxy) is 4. The fraction of sp³-hybridized carbons (Fsp3) is 0.167. The van der Waals surface area contributed by atoms with E-state index in [9.17, 15) is 9.90 Å². The van der Waals surface area contributed by atoms with Gasteiger partial charge in [-0.2, -0.15) is 0 Å². The fourth-order valence-electron chi connectivity index (χ4n) is 3.11. The van der Waals surface area contributed by atoms with Crippen molar-refractivity contribution in [1.82, 2.24) is 0 Å². The Morgan fingerprint density at radius 1 is 0.960 bits per heavy atom. The molecule has 25 heavy (non-hydrogen) atoms. The van der Waals surface area contributed by atoms with Gasteiger partial charge in [-0.25, -0.2) is 4.79 Å². The Morgan fingerprint density at radius 2 is 1.64 bits per heavy atom. The lowest BCUT2D eigenvalue weighted by Gasteiger charge is -2.24. The first-order chi connectivity index (χ1) is 12.1. The van der Waals surface area contributed by atoms with Crippen LogP contribution >= 0.6 is 0 Å². The summed E-state index contributed by atoms with van der Waals surface area (Å²) in [5.41, 5.74) is 0.111. The lowest BCUT2D eigenvalue weighted by atomic mass is 9.96. The number of hydrogen-bond donors (Lipinski definition) is 1. The molecule has 0 unspecified atom stereocenters. The molecule has 4 rings (SSSR count). The van der Waals surface area contributed by atoms with Gasteiger partial charge in [-0.1, -0.05) is 18.2 Å². The maximum atomic E-state index is 12.2. The first-order valence-corrected chi connectivity index (χ1v) is 7.41. The van der Waals surface area contributed by atoms with Crippen molar-refractivity contribution in [3.8, 4) is 45.6 Å². The minimum Gasteiger partial charge on any atom is -0.501 e. The van der Waals surface area contributed by atoms with E-state index in [4.69, 9.17) is 23.4 Å². The Balaban J connectivity index is 2.31. The summed E-state index contributed by atoms with van der Waals surface area (Å²) in [5.74, 6) is 0.936. The third-order valence-corrected chi connectivity index (χ3v) is 4.13. The maximum absolute atomic E-state index is 12.2. The summed E-state index contributed by atoms with van der Waals surface area (Å²) in [4.78, 5) is 12.2. The number of methoxy groups -OCH3 is 3. The highest BCUT2D eigenvalue weighted by Gasteiger charge is 2.34. The van der Waals surface area contributed by atoms with Crippen molar-refractivity contribution in [3.05, 3.63) is 34.7 Å². The van der Waals surface area contributed by atoms with Gasteiger partial charge in [0.05, 0.1) is 32.3 Å². The van der Waals surface area contributed by atoms with Crippen LogP contribution in [0.15, 0.2) is 33.5 Å². The van der Waals surface area contributed by atoms with Crippen LogP contribution in [0.25, 0.3) is 22.1 Å². The first-order valence-electron chi connectivity index (χ1n) is 7.41. The van der Waals surface area contributed by atoms with Gasteiger partial charge in [0, 0.05) is 5.56 Å². The summed E-state index contributed by atoms with van der Waals surface area (Å²) in [6, 6.07) is 7.05. The van der Waals surface area contributed by atoms with E-state index in [1.807, 2.05) is 0 Å². The van der Waals surface area contributed by atoms with Gasteiger partial charge in [0.15, 0.2) is 11.3 Å². The van der Waals surface area contributed by atoms with Crippen molar-refractivity contribution in [3.63, 3.8) is 0 Å². The number of para-hydroxylation sites is 1. The molecular formula is C18H14O7. The molecule has 128 valence electrons. The quantitative estimate of drug-likeness (QED) is 0.572. The summed E-state index contributed by atoms with van der Waals surface area (Å²) in [6.07, 6.45) is 0. The molecule has 0 bridgehead atoms. The molecule has 2 aromatic carbocycles. The van der Waals surface area contributed by atoms with Crippen molar-refractivity contribution >= 4 is 11.0 Å². The standard InChI is InChI=1S/C18H14O7/c1-21-15-13-11-10(8-6-4-5-7-9(8)24-13)12(19)18(20)25-14(11)16(22-2)17(15)23-3/h4-7,19H,1-3H3. The number of benzene rings is 2. The van der Waals surface area contributed by atoms with Crippen LogP contribution in [0.5, 0.6) is 34.5 Å². The van der Waals surface area contributed by atoms with E-state index >= 15 is 0 Å². The molecule has 7 nitrogen and oxygen atoms in total. The number of hydrogen-bond acceptors (Lipinski definition) is 7. The van der Waals surface area contributed by atoms with Crippen molar-refractivity contribution in [2.24, 2.45) is 0 Å². The van der Waals surface area contributed by atoms with Crippen LogP contribution in [0, 0.1) is 0 Å². The molecule has 7 heteroatoms. The second-order valence-electron chi connectivity index (χ2n) is 5.34. The predicted molar refractivity (Wildman–Crippen MR) is 89.3 cm³/mol. The fourth-order valence-corrected chi connectivity index (χ4v) is 3.11. The van der Waals surface area contributed by atoms with E-state index in [-0.39, 0.29) is 28.6 Å². The van der Waals surface area contributed by atoms with E-state index in [1.54, 1.807) is 24.3 Å². The predicted octanol–water partition coefficient (Wildman–Crippen LogP) is 3.30. The number of aromatic hydroxyl groups is 1. The zero-order valence-electron chi connectivity index (χ0n) is 13.7. The zero-order chi connectivity index (χ0) is 17.7. The normalized spacial score (nSPS) is 11.6. The van der Waals surface area contributed by atoms with Gasteiger partial charge in [-0.15, -0.1) is 0 Å².